The lowest BCUT2D eigenvalue weighted by Crippen LogP contribution is -2.34. The highest BCUT2D eigenvalue weighted by atomic mass is 15.0. The molecule has 1 atom stereocenters. The first-order valence-electron chi connectivity index (χ1n) is 3.87. The molecule has 2 N–H and O–H groups in total. The zero-order valence-corrected chi connectivity index (χ0v) is 6.11. The summed E-state index contributed by atoms with van der Waals surface area (Å²) < 4.78 is 0. The average molecular weight is 128 g/mol. The fourth-order valence-corrected chi connectivity index (χ4v) is 1.16. The molecule has 1 rings (SSSR count). The molecule has 54 valence electrons. The van der Waals surface area contributed by atoms with Crippen molar-refractivity contribution in [3.8, 4) is 0 Å². The zero-order valence-electron chi connectivity index (χ0n) is 6.11. The average Bonchev–Trinajstić information content (AvgIpc) is 2.13. The van der Waals surface area contributed by atoms with Crippen LogP contribution < -0.4 is 10.6 Å². The summed E-state index contributed by atoms with van der Waals surface area (Å²) in [5.41, 5.74) is 0. The molecule has 9 heavy (non-hydrogen) atoms. The molecule has 1 fully saturated rings. The van der Waals surface area contributed by atoms with Gasteiger partial charge >= 0.3 is 0 Å². The quantitative estimate of drug-likeness (QED) is 0.532. The maximum absolute atomic E-state index is 3.47. The van der Waals surface area contributed by atoms with E-state index in [2.05, 4.69) is 17.6 Å². The number of hydrogen-bond donors (Lipinski definition) is 2. The van der Waals surface area contributed by atoms with E-state index in [0.29, 0.717) is 6.04 Å². The Kier molecular flexibility index (Phi) is 3.01. The van der Waals surface area contributed by atoms with Crippen molar-refractivity contribution in [3.63, 3.8) is 0 Å². The summed E-state index contributed by atoms with van der Waals surface area (Å²) in [7, 11) is 0. The monoisotopic (exact) mass is 128 g/mol. The molecule has 1 heterocycles. The maximum Gasteiger partial charge on any atom is 0.0189 e. The fourth-order valence-electron chi connectivity index (χ4n) is 1.16. The van der Waals surface area contributed by atoms with Crippen LogP contribution in [0.1, 0.15) is 19.8 Å². The van der Waals surface area contributed by atoms with Crippen LogP contribution in [0.3, 0.4) is 0 Å². The third kappa shape index (κ3) is 2.33. The minimum atomic E-state index is 0.715. The van der Waals surface area contributed by atoms with Gasteiger partial charge in [0.1, 0.15) is 0 Å². The third-order valence-corrected chi connectivity index (χ3v) is 1.85. The second-order valence-corrected chi connectivity index (χ2v) is 2.62. The Hall–Kier alpha value is -0.0800. The van der Waals surface area contributed by atoms with E-state index < -0.39 is 0 Å². The highest BCUT2D eigenvalue weighted by molar-refractivity contribution is 4.71. The molecule has 1 aliphatic rings. The summed E-state index contributed by atoms with van der Waals surface area (Å²) in [5.74, 6) is 0. The minimum Gasteiger partial charge on any atom is -0.315 e. The highest BCUT2D eigenvalue weighted by Crippen LogP contribution is 1.92. The van der Waals surface area contributed by atoms with E-state index in [4.69, 9.17) is 0 Å². The molecule has 2 heteroatoms. The van der Waals surface area contributed by atoms with Crippen molar-refractivity contribution in [3.05, 3.63) is 0 Å². The van der Waals surface area contributed by atoms with Crippen molar-refractivity contribution < 1.29 is 0 Å². The Morgan fingerprint density at radius 3 is 3.11 bits per heavy atom. The van der Waals surface area contributed by atoms with Crippen LogP contribution in [0.4, 0.5) is 0 Å². The van der Waals surface area contributed by atoms with Gasteiger partial charge in [0.05, 0.1) is 0 Å². The highest BCUT2D eigenvalue weighted by Gasteiger charge is 2.06. The number of rotatable bonds is 1. The second-order valence-electron chi connectivity index (χ2n) is 2.62. The van der Waals surface area contributed by atoms with Gasteiger partial charge < -0.3 is 10.6 Å². The molecule has 0 saturated carbocycles. The van der Waals surface area contributed by atoms with Crippen LogP contribution in [0.5, 0.6) is 0 Å². The normalized spacial score (nSPS) is 29.7. The van der Waals surface area contributed by atoms with E-state index in [-0.39, 0.29) is 0 Å². The van der Waals surface area contributed by atoms with Gasteiger partial charge in [-0.1, -0.05) is 6.92 Å². The summed E-state index contributed by atoms with van der Waals surface area (Å²) in [6.07, 6.45) is 2.52. The molecule has 1 saturated heterocycles. The van der Waals surface area contributed by atoms with Gasteiger partial charge in [-0.2, -0.15) is 0 Å². The predicted octanol–water partition coefficient (Wildman–Crippen LogP) is 0.348. The lowest BCUT2D eigenvalue weighted by molar-refractivity contribution is 0.513. The van der Waals surface area contributed by atoms with Crippen LogP contribution in [0.15, 0.2) is 0 Å². The van der Waals surface area contributed by atoms with Gasteiger partial charge in [0.25, 0.3) is 0 Å². The summed E-state index contributed by atoms with van der Waals surface area (Å²) in [6.45, 7) is 5.75. The van der Waals surface area contributed by atoms with E-state index >= 15 is 0 Å². The van der Waals surface area contributed by atoms with Crippen LogP contribution in [0.2, 0.25) is 0 Å². The van der Waals surface area contributed by atoms with Crippen LogP contribution in [0, 0.1) is 0 Å². The van der Waals surface area contributed by atoms with E-state index in [0.717, 1.165) is 6.54 Å². The molecule has 2 nitrogen and oxygen atoms in total. The van der Waals surface area contributed by atoms with Crippen molar-refractivity contribution in [2.24, 2.45) is 0 Å². The molecule has 0 unspecified atom stereocenters. The molecule has 0 aromatic carbocycles. The standard InChI is InChI=1S/C7H16N2/c1-2-7-6-8-4-3-5-9-7/h7-9H,2-6H2,1H3/t7-/m0/s1. The topological polar surface area (TPSA) is 24.1 Å². The Morgan fingerprint density at radius 1 is 1.44 bits per heavy atom. The van der Waals surface area contributed by atoms with Crippen LogP contribution in [-0.2, 0) is 0 Å². The molecule has 0 bridgehead atoms. The van der Waals surface area contributed by atoms with Crippen LogP contribution in [-0.4, -0.2) is 25.7 Å². The van der Waals surface area contributed by atoms with Gasteiger partial charge in [-0.3, -0.25) is 0 Å². The maximum atomic E-state index is 3.47. The predicted molar refractivity (Wildman–Crippen MR) is 39.6 cm³/mol. The first-order valence-corrected chi connectivity index (χ1v) is 3.87. The Morgan fingerprint density at radius 2 is 2.33 bits per heavy atom. The first kappa shape index (κ1) is 7.03. The van der Waals surface area contributed by atoms with Crippen molar-refractivity contribution in [1.29, 1.82) is 0 Å². The van der Waals surface area contributed by atoms with Crippen LogP contribution in [0.25, 0.3) is 0 Å². The minimum absolute atomic E-state index is 0.715. The van der Waals surface area contributed by atoms with Gasteiger partial charge in [-0.05, 0) is 25.9 Å². The van der Waals surface area contributed by atoms with Gasteiger partial charge in [-0.25, -0.2) is 0 Å². The fraction of sp³-hybridized carbons (Fsp3) is 1.00. The van der Waals surface area contributed by atoms with Crippen molar-refractivity contribution >= 4 is 0 Å². The lowest BCUT2D eigenvalue weighted by atomic mass is 10.2. The van der Waals surface area contributed by atoms with E-state index in [9.17, 15) is 0 Å². The molecule has 0 radical (unpaired) electrons. The molecule has 0 aliphatic carbocycles. The van der Waals surface area contributed by atoms with Gasteiger partial charge in [0.2, 0.25) is 0 Å². The summed E-state index contributed by atoms with van der Waals surface area (Å²) in [4.78, 5) is 0. The summed E-state index contributed by atoms with van der Waals surface area (Å²) >= 11 is 0. The van der Waals surface area contributed by atoms with Gasteiger partial charge in [0, 0.05) is 12.6 Å². The molecular weight excluding hydrogens is 112 g/mol. The Labute approximate surface area is 57.0 Å². The van der Waals surface area contributed by atoms with E-state index in [1.54, 1.807) is 0 Å². The summed E-state index contributed by atoms with van der Waals surface area (Å²) in [6, 6.07) is 0.715. The molecule has 0 amide bonds. The van der Waals surface area contributed by atoms with Crippen molar-refractivity contribution in [1.82, 2.24) is 10.6 Å². The smallest absolute Gasteiger partial charge is 0.0189 e. The molecular formula is C7H16N2. The molecule has 0 aromatic rings. The van der Waals surface area contributed by atoms with Crippen LogP contribution >= 0.6 is 0 Å². The SMILES string of the molecule is CC[C@H]1CNCCCN1. The van der Waals surface area contributed by atoms with Gasteiger partial charge in [0.15, 0.2) is 0 Å². The van der Waals surface area contributed by atoms with E-state index in [1.807, 2.05) is 0 Å². The first-order chi connectivity index (χ1) is 4.43. The summed E-state index contributed by atoms with van der Waals surface area (Å²) in [5, 5.41) is 6.85. The third-order valence-electron chi connectivity index (χ3n) is 1.85. The number of hydrogen-bond acceptors (Lipinski definition) is 2. The van der Waals surface area contributed by atoms with E-state index in [1.165, 1.54) is 25.9 Å². The largest absolute Gasteiger partial charge is 0.315 e. The molecule has 0 aromatic heterocycles. The van der Waals surface area contributed by atoms with Crippen molar-refractivity contribution in [2.75, 3.05) is 19.6 Å². The lowest BCUT2D eigenvalue weighted by Gasteiger charge is -2.11. The van der Waals surface area contributed by atoms with Crippen molar-refractivity contribution in [2.45, 2.75) is 25.8 Å². The molecule has 0 spiro atoms. The number of nitrogens with one attached hydrogen (secondary N) is 2. The Balaban J connectivity index is 2.18. The van der Waals surface area contributed by atoms with Gasteiger partial charge in [-0.15, -0.1) is 0 Å². The Bertz CT molecular complexity index is 65.3. The zero-order chi connectivity index (χ0) is 6.53. The molecule has 1 aliphatic heterocycles. The second kappa shape index (κ2) is 3.85.